The van der Waals surface area contributed by atoms with Crippen LogP contribution in [-0.2, 0) is 0 Å². The average molecular weight is 249 g/mol. The summed E-state index contributed by atoms with van der Waals surface area (Å²) in [4.78, 5) is 0. The number of hydrogen-bond acceptors (Lipinski definition) is 1. The van der Waals surface area contributed by atoms with Crippen molar-refractivity contribution in [2.45, 2.75) is 24.8 Å². The molecule has 0 saturated carbocycles. The number of benzene rings is 1. The molecule has 96 valence electrons. The first kappa shape index (κ1) is 12.0. The topological polar surface area (TPSA) is 12.0 Å². The van der Waals surface area contributed by atoms with Crippen molar-refractivity contribution < 1.29 is 0 Å². The van der Waals surface area contributed by atoms with Crippen LogP contribution >= 0.6 is 0 Å². The van der Waals surface area contributed by atoms with Gasteiger partial charge in [0.15, 0.2) is 0 Å². The van der Waals surface area contributed by atoms with Gasteiger partial charge in [-0.15, -0.1) is 0 Å². The molecule has 2 unspecified atom stereocenters. The SMILES string of the molecule is C1=CCC(NC2=CC=CC(c3ccccc3)C2)C=C1. The maximum atomic E-state index is 3.63. The van der Waals surface area contributed by atoms with E-state index in [9.17, 15) is 0 Å². The second-order valence-electron chi connectivity index (χ2n) is 5.10. The standard InChI is InChI=1S/C18H19N/c1-3-8-15(9-4-1)16-10-7-13-18(14-16)19-17-11-5-2-6-12-17/h1-11,13,16-17,19H,12,14H2. The van der Waals surface area contributed by atoms with E-state index in [1.165, 1.54) is 11.3 Å². The summed E-state index contributed by atoms with van der Waals surface area (Å²) in [5.41, 5.74) is 2.73. The summed E-state index contributed by atoms with van der Waals surface area (Å²) in [6.45, 7) is 0. The molecule has 1 aromatic carbocycles. The molecule has 0 saturated heterocycles. The van der Waals surface area contributed by atoms with Crippen LogP contribution < -0.4 is 5.32 Å². The van der Waals surface area contributed by atoms with Crippen LogP contribution in [0.5, 0.6) is 0 Å². The summed E-state index contributed by atoms with van der Waals surface area (Å²) >= 11 is 0. The molecule has 0 amide bonds. The van der Waals surface area contributed by atoms with Crippen LogP contribution in [0.1, 0.15) is 24.3 Å². The molecule has 3 rings (SSSR count). The number of nitrogens with one attached hydrogen (secondary N) is 1. The zero-order valence-corrected chi connectivity index (χ0v) is 11.0. The van der Waals surface area contributed by atoms with E-state index < -0.39 is 0 Å². The third kappa shape index (κ3) is 3.05. The Kier molecular flexibility index (Phi) is 3.64. The summed E-state index contributed by atoms with van der Waals surface area (Å²) < 4.78 is 0. The summed E-state index contributed by atoms with van der Waals surface area (Å²) in [6.07, 6.45) is 17.5. The first-order valence-corrected chi connectivity index (χ1v) is 6.94. The van der Waals surface area contributed by atoms with Crippen molar-refractivity contribution in [3.63, 3.8) is 0 Å². The van der Waals surface area contributed by atoms with Gasteiger partial charge in [0.1, 0.15) is 0 Å². The Bertz CT molecular complexity index is 534. The van der Waals surface area contributed by atoms with E-state index in [-0.39, 0.29) is 0 Å². The summed E-state index contributed by atoms with van der Waals surface area (Å²) in [5.74, 6) is 0.497. The van der Waals surface area contributed by atoms with Crippen LogP contribution in [0.4, 0.5) is 0 Å². The Balaban J connectivity index is 1.65. The fourth-order valence-electron chi connectivity index (χ4n) is 2.64. The van der Waals surface area contributed by atoms with Crippen molar-refractivity contribution in [1.29, 1.82) is 0 Å². The first-order chi connectivity index (χ1) is 9.42. The molecule has 0 spiro atoms. The average Bonchev–Trinajstić information content (AvgIpc) is 2.49. The highest BCUT2D eigenvalue weighted by Gasteiger charge is 2.15. The normalized spacial score (nSPS) is 25.2. The maximum absolute atomic E-state index is 3.63. The van der Waals surface area contributed by atoms with Crippen molar-refractivity contribution >= 4 is 0 Å². The van der Waals surface area contributed by atoms with Crippen molar-refractivity contribution in [1.82, 2.24) is 5.32 Å². The Hall–Kier alpha value is -2.02. The largest absolute Gasteiger partial charge is 0.382 e. The lowest BCUT2D eigenvalue weighted by molar-refractivity contribution is 0.626. The lowest BCUT2D eigenvalue weighted by Crippen LogP contribution is -2.28. The van der Waals surface area contributed by atoms with E-state index in [1.807, 2.05) is 0 Å². The van der Waals surface area contributed by atoms with E-state index >= 15 is 0 Å². The zero-order valence-electron chi connectivity index (χ0n) is 11.0. The van der Waals surface area contributed by atoms with Crippen LogP contribution in [0.2, 0.25) is 0 Å². The molecule has 0 fully saturated rings. The lowest BCUT2D eigenvalue weighted by Gasteiger charge is -2.24. The molecule has 0 bridgehead atoms. The Morgan fingerprint density at radius 3 is 2.63 bits per heavy atom. The molecular formula is C18H19N. The van der Waals surface area contributed by atoms with Crippen molar-refractivity contribution in [3.8, 4) is 0 Å². The van der Waals surface area contributed by atoms with Gasteiger partial charge in [-0.25, -0.2) is 0 Å². The summed E-state index contributed by atoms with van der Waals surface area (Å²) in [5, 5.41) is 3.63. The van der Waals surface area contributed by atoms with Gasteiger partial charge in [-0.05, 0) is 24.5 Å². The van der Waals surface area contributed by atoms with Gasteiger partial charge in [-0.1, -0.05) is 66.8 Å². The third-order valence-corrected chi connectivity index (χ3v) is 3.66. The first-order valence-electron chi connectivity index (χ1n) is 6.94. The molecule has 0 aliphatic heterocycles. The molecule has 1 heteroatoms. The molecule has 2 aliphatic rings. The minimum Gasteiger partial charge on any atom is -0.382 e. The van der Waals surface area contributed by atoms with Gasteiger partial charge in [0.05, 0.1) is 0 Å². The van der Waals surface area contributed by atoms with Crippen LogP contribution in [0.3, 0.4) is 0 Å². The highest BCUT2D eigenvalue weighted by Crippen LogP contribution is 2.27. The van der Waals surface area contributed by atoms with Crippen LogP contribution in [-0.4, -0.2) is 6.04 Å². The Labute approximate surface area is 115 Å². The second-order valence-corrected chi connectivity index (χ2v) is 5.10. The molecule has 1 aromatic rings. The quantitative estimate of drug-likeness (QED) is 0.850. The predicted octanol–water partition coefficient (Wildman–Crippen LogP) is 4.09. The van der Waals surface area contributed by atoms with Gasteiger partial charge in [0.2, 0.25) is 0 Å². The van der Waals surface area contributed by atoms with Gasteiger partial charge < -0.3 is 5.32 Å². The van der Waals surface area contributed by atoms with Gasteiger partial charge in [-0.2, -0.15) is 0 Å². The van der Waals surface area contributed by atoms with Crippen molar-refractivity contribution in [2.75, 3.05) is 0 Å². The van der Waals surface area contributed by atoms with E-state index in [2.05, 4.69) is 78.2 Å². The fraction of sp³-hybridized carbons (Fsp3) is 0.222. The van der Waals surface area contributed by atoms with Crippen LogP contribution in [0.15, 0.2) is 78.6 Å². The van der Waals surface area contributed by atoms with Gasteiger partial charge in [0, 0.05) is 17.7 Å². The molecule has 1 nitrogen and oxygen atoms in total. The number of allylic oxidation sites excluding steroid dienone is 6. The van der Waals surface area contributed by atoms with E-state index in [0.29, 0.717) is 12.0 Å². The highest BCUT2D eigenvalue weighted by atomic mass is 14.9. The fourth-order valence-corrected chi connectivity index (χ4v) is 2.64. The van der Waals surface area contributed by atoms with Crippen molar-refractivity contribution in [3.05, 3.63) is 84.1 Å². The monoisotopic (exact) mass is 249 g/mol. The predicted molar refractivity (Wildman–Crippen MR) is 80.8 cm³/mol. The van der Waals surface area contributed by atoms with Crippen molar-refractivity contribution in [2.24, 2.45) is 0 Å². The minimum absolute atomic E-state index is 0.444. The summed E-state index contributed by atoms with van der Waals surface area (Å²) in [7, 11) is 0. The van der Waals surface area contributed by atoms with E-state index in [0.717, 1.165) is 12.8 Å². The number of rotatable bonds is 3. The third-order valence-electron chi connectivity index (χ3n) is 3.66. The second kappa shape index (κ2) is 5.75. The maximum Gasteiger partial charge on any atom is 0.0479 e. The summed E-state index contributed by atoms with van der Waals surface area (Å²) in [6, 6.07) is 11.2. The smallest absolute Gasteiger partial charge is 0.0479 e. The molecule has 0 aromatic heterocycles. The zero-order chi connectivity index (χ0) is 12.9. The Morgan fingerprint density at radius 2 is 1.84 bits per heavy atom. The van der Waals surface area contributed by atoms with Gasteiger partial charge >= 0.3 is 0 Å². The molecule has 19 heavy (non-hydrogen) atoms. The molecule has 1 N–H and O–H groups in total. The molecular weight excluding hydrogens is 230 g/mol. The lowest BCUT2D eigenvalue weighted by atomic mass is 9.90. The minimum atomic E-state index is 0.444. The highest BCUT2D eigenvalue weighted by molar-refractivity contribution is 5.32. The van der Waals surface area contributed by atoms with Crippen LogP contribution in [0, 0.1) is 0 Å². The number of hydrogen-bond donors (Lipinski definition) is 1. The van der Waals surface area contributed by atoms with E-state index in [1.54, 1.807) is 0 Å². The van der Waals surface area contributed by atoms with Crippen LogP contribution in [0.25, 0.3) is 0 Å². The van der Waals surface area contributed by atoms with Gasteiger partial charge in [0.25, 0.3) is 0 Å². The molecule has 0 heterocycles. The van der Waals surface area contributed by atoms with Gasteiger partial charge in [-0.3, -0.25) is 0 Å². The molecule has 2 aliphatic carbocycles. The molecule has 0 radical (unpaired) electrons. The molecule has 2 atom stereocenters. The van der Waals surface area contributed by atoms with E-state index in [4.69, 9.17) is 0 Å². The Morgan fingerprint density at radius 1 is 0.947 bits per heavy atom.